The zero-order chi connectivity index (χ0) is 13.1. The van der Waals surface area contributed by atoms with E-state index in [1.807, 2.05) is 0 Å². The van der Waals surface area contributed by atoms with Gasteiger partial charge >= 0.3 is 0 Å². The number of hydrazine groups is 1. The molecule has 2 heterocycles. The van der Waals surface area contributed by atoms with Gasteiger partial charge in [0.2, 0.25) is 0 Å². The Kier molecular flexibility index (Phi) is 4.04. The van der Waals surface area contributed by atoms with Gasteiger partial charge in [0.25, 0.3) is 5.91 Å². The maximum atomic E-state index is 11.3. The minimum atomic E-state index is -0.314. The number of amides is 1. The molecule has 0 spiro atoms. The molecule has 1 aromatic heterocycles. The first-order chi connectivity index (χ1) is 8.58. The molecule has 0 saturated carbocycles. The fraction of sp³-hybridized carbons (Fsp3) is 0.615. The molecule has 1 amide bonds. The topological polar surface area (TPSA) is 71.5 Å². The van der Waals surface area contributed by atoms with Crippen LogP contribution in [0.3, 0.4) is 0 Å². The summed E-state index contributed by atoms with van der Waals surface area (Å²) >= 11 is 0. The van der Waals surface area contributed by atoms with Crippen LogP contribution in [0.5, 0.6) is 0 Å². The largest absolute Gasteiger partial charge is 0.467 e. The second kappa shape index (κ2) is 5.54. The van der Waals surface area contributed by atoms with E-state index >= 15 is 0 Å². The highest BCUT2D eigenvalue weighted by Crippen LogP contribution is 2.22. The molecule has 1 aromatic rings. The van der Waals surface area contributed by atoms with Gasteiger partial charge in [0.05, 0.1) is 12.1 Å². The molecule has 2 rings (SSSR count). The fourth-order valence-corrected chi connectivity index (χ4v) is 2.81. The lowest BCUT2D eigenvalue weighted by Gasteiger charge is -2.34. The van der Waals surface area contributed by atoms with Gasteiger partial charge in [-0.1, -0.05) is 13.8 Å². The number of nitrogens with one attached hydrogen (secondary N) is 1. The molecule has 0 aliphatic carbocycles. The van der Waals surface area contributed by atoms with E-state index in [2.05, 4.69) is 24.2 Å². The number of hydrogen-bond donors (Lipinski definition) is 2. The number of carbonyl (C=O) groups is 1. The van der Waals surface area contributed by atoms with Crippen molar-refractivity contribution in [1.29, 1.82) is 0 Å². The van der Waals surface area contributed by atoms with Gasteiger partial charge in [0, 0.05) is 13.1 Å². The smallest absolute Gasteiger partial charge is 0.268 e. The van der Waals surface area contributed by atoms with Gasteiger partial charge in [-0.25, -0.2) is 5.84 Å². The van der Waals surface area contributed by atoms with Crippen molar-refractivity contribution in [2.24, 2.45) is 17.7 Å². The summed E-state index contributed by atoms with van der Waals surface area (Å²) in [6.07, 6.45) is 2.74. The Morgan fingerprint density at radius 2 is 2.17 bits per heavy atom. The molecule has 3 N–H and O–H groups in total. The van der Waals surface area contributed by atoms with Crippen LogP contribution in [-0.4, -0.2) is 23.9 Å². The van der Waals surface area contributed by atoms with Crippen molar-refractivity contribution in [3.05, 3.63) is 23.7 Å². The van der Waals surface area contributed by atoms with Crippen molar-refractivity contribution in [2.75, 3.05) is 13.1 Å². The molecule has 0 aromatic carbocycles. The Balaban J connectivity index is 1.96. The fourth-order valence-electron chi connectivity index (χ4n) is 2.81. The first-order valence-corrected chi connectivity index (χ1v) is 6.39. The standard InChI is InChI=1S/C13H21N3O2/c1-9-3-10(2)6-16(5-9)7-12-4-11(8-18-12)13(17)15-14/h4,8-10H,3,5-7,14H2,1-2H3,(H,15,17). The number of likely N-dealkylation sites (tertiary alicyclic amines) is 1. The van der Waals surface area contributed by atoms with Crippen LogP contribution in [0.4, 0.5) is 0 Å². The molecule has 2 atom stereocenters. The van der Waals surface area contributed by atoms with Crippen molar-refractivity contribution < 1.29 is 9.21 Å². The summed E-state index contributed by atoms with van der Waals surface area (Å²) in [4.78, 5) is 13.7. The van der Waals surface area contributed by atoms with Crippen molar-refractivity contribution in [3.8, 4) is 0 Å². The number of furan rings is 1. The summed E-state index contributed by atoms with van der Waals surface area (Å²) in [5.41, 5.74) is 2.58. The van der Waals surface area contributed by atoms with Gasteiger partial charge in [-0.15, -0.1) is 0 Å². The Bertz CT molecular complexity index is 406. The minimum absolute atomic E-state index is 0.314. The summed E-state index contributed by atoms with van der Waals surface area (Å²) in [6.45, 7) is 7.48. The van der Waals surface area contributed by atoms with Crippen molar-refractivity contribution >= 4 is 5.91 Å². The molecule has 1 aliphatic rings. The molecule has 0 bridgehead atoms. The summed E-state index contributed by atoms with van der Waals surface area (Å²) < 4.78 is 5.40. The number of hydrogen-bond acceptors (Lipinski definition) is 4. The third-order valence-corrected chi connectivity index (χ3v) is 3.37. The van der Waals surface area contributed by atoms with Gasteiger partial charge < -0.3 is 4.42 Å². The molecule has 1 aliphatic heterocycles. The third kappa shape index (κ3) is 3.11. The number of carbonyl (C=O) groups excluding carboxylic acids is 1. The van der Waals surface area contributed by atoms with Crippen LogP contribution in [0.1, 0.15) is 36.4 Å². The van der Waals surface area contributed by atoms with E-state index in [0.29, 0.717) is 5.56 Å². The van der Waals surface area contributed by atoms with Gasteiger partial charge in [-0.3, -0.25) is 15.1 Å². The van der Waals surface area contributed by atoms with Crippen LogP contribution < -0.4 is 11.3 Å². The monoisotopic (exact) mass is 251 g/mol. The van der Waals surface area contributed by atoms with Crippen LogP contribution in [0.15, 0.2) is 16.7 Å². The SMILES string of the molecule is CC1CC(C)CN(Cc2cc(C(=O)NN)co2)C1. The number of nitrogens with two attached hydrogens (primary N) is 1. The van der Waals surface area contributed by atoms with Gasteiger partial charge in [0.1, 0.15) is 12.0 Å². The third-order valence-electron chi connectivity index (χ3n) is 3.37. The lowest BCUT2D eigenvalue weighted by molar-refractivity contribution is 0.0953. The lowest BCUT2D eigenvalue weighted by atomic mass is 9.92. The first-order valence-electron chi connectivity index (χ1n) is 6.39. The normalized spacial score (nSPS) is 25.1. The average Bonchev–Trinajstić information content (AvgIpc) is 2.75. The van der Waals surface area contributed by atoms with E-state index in [1.54, 1.807) is 6.07 Å². The maximum absolute atomic E-state index is 11.3. The second-order valence-electron chi connectivity index (χ2n) is 5.42. The van der Waals surface area contributed by atoms with E-state index in [9.17, 15) is 4.79 Å². The van der Waals surface area contributed by atoms with E-state index < -0.39 is 0 Å². The van der Waals surface area contributed by atoms with Crippen LogP contribution in [-0.2, 0) is 6.54 Å². The van der Waals surface area contributed by atoms with Gasteiger partial charge in [-0.05, 0) is 24.3 Å². The molecule has 1 fully saturated rings. The molecule has 1 saturated heterocycles. The van der Waals surface area contributed by atoms with Crippen molar-refractivity contribution in [3.63, 3.8) is 0 Å². The summed E-state index contributed by atoms with van der Waals surface area (Å²) in [6, 6.07) is 1.76. The Morgan fingerprint density at radius 3 is 2.78 bits per heavy atom. The van der Waals surface area contributed by atoms with Crippen LogP contribution in [0, 0.1) is 11.8 Å². The molecular weight excluding hydrogens is 230 g/mol. The molecule has 0 radical (unpaired) electrons. The summed E-state index contributed by atoms with van der Waals surface area (Å²) in [7, 11) is 0. The maximum Gasteiger partial charge on any atom is 0.268 e. The molecule has 18 heavy (non-hydrogen) atoms. The summed E-state index contributed by atoms with van der Waals surface area (Å²) in [5, 5.41) is 0. The first kappa shape index (κ1) is 13.1. The van der Waals surface area contributed by atoms with E-state index in [1.165, 1.54) is 12.7 Å². The molecule has 2 unspecified atom stereocenters. The molecular formula is C13H21N3O2. The van der Waals surface area contributed by atoms with E-state index in [4.69, 9.17) is 10.3 Å². The number of rotatable bonds is 3. The van der Waals surface area contributed by atoms with Gasteiger partial charge in [0.15, 0.2) is 0 Å². The predicted molar refractivity (Wildman–Crippen MR) is 68.6 cm³/mol. The highest BCUT2D eigenvalue weighted by molar-refractivity contribution is 5.93. The lowest BCUT2D eigenvalue weighted by Crippen LogP contribution is -2.38. The second-order valence-corrected chi connectivity index (χ2v) is 5.42. The summed E-state index contributed by atoms with van der Waals surface area (Å²) in [5.74, 6) is 7.02. The van der Waals surface area contributed by atoms with Crippen LogP contribution in [0.2, 0.25) is 0 Å². The molecule has 5 nitrogen and oxygen atoms in total. The quantitative estimate of drug-likeness (QED) is 0.483. The molecule has 100 valence electrons. The Morgan fingerprint density at radius 1 is 1.50 bits per heavy atom. The zero-order valence-electron chi connectivity index (χ0n) is 11.0. The van der Waals surface area contributed by atoms with Crippen LogP contribution in [0.25, 0.3) is 0 Å². The Labute approximate surface area is 107 Å². The number of nitrogens with zero attached hydrogens (tertiary/aromatic N) is 1. The molecule has 5 heteroatoms. The zero-order valence-corrected chi connectivity index (χ0v) is 11.0. The number of nitrogen functional groups attached to an aromatic ring is 1. The highest BCUT2D eigenvalue weighted by Gasteiger charge is 2.22. The van der Waals surface area contributed by atoms with Crippen molar-refractivity contribution in [1.82, 2.24) is 10.3 Å². The van der Waals surface area contributed by atoms with E-state index in [0.717, 1.165) is 37.2 Å². The Hall–Kier alpha value is -1.33. The average molecular weight is 251 g/mol. The van der Waals surface area contributed by atoms with Crippen molar-refractivity contribution in [2.45, 2.75) is 26.8 Å². The predicted octanol–water partition coefficient (Wildman–Crippen LogP) is 1.36. The van der Waals surface area contributed by atoms with Crippen LogP contribution >= 0.6 is 0 Å². The minimum Gasteiger partial charge on any atom is -0.467 e. The highest BCUT2D eigenvalue weighted by atomic mass is 16.3. The van der Waals surface area contributed by atoms with E-state index in [-0.39, 0.29) is 5.91 Å². The number of piperidine rings is 1. The van der Waals surface area contributed by atoms with Gasteiger partial charge in [-0.2, -0.15) is 0 Å².